The first-order valence-electron chi connectivity index (χ1n) is 11.3. The van der Waals surface area contributed by atoms with Gasteiger partial charge in [-0.05, 0) is 54.7 Å². The Kier molecular flexibility index (Phi) is 7.24. The summed E-state index contributed by atoms with van der Waals surface area (Å²) < 4.78 is 79.5. The lowest BCUT2D eigenvalue weighted by atomic mass is 9.70. The maximum absolute atomic E-state index is 13.5. The molecule has 36 heavy (non-hydrogen) atoms. The molecule has 1 aliphatic heterocycles. The third-order valence-electron chi connectivity index (χ3n) is 6.36. The number of sulfonamides is 1. The summed E-state index contributed by atoms with van der Waals surface area (Å²) in [4.78, 5) is 7.63. The Morgan fingerprint density at radius 2 is 1.92 bits per heavy atom. The Morgan fingerprint density at radius 3 is 2.61 bits per heavy atom. The fourth-order valence-electron chi connectivity index (χ4n) is 4.49. The van der Waals surface area contributed by atoms with Gasteiger partial charge in [-0.3, -0.25) is 4.72 Å². The van der Waals surface area contributed by atoms with E-state index in [9.17, 15) is 21.6 Å². The van der Waals surface area contributed by atoms with Crippen molar-refractivity contribution in [2.24, 2.45) is 0 Å². The molecule has 1 aliphatic rings. The zero-order chi connectivity index (χ0) is 26.0. The number of fused-ring (bicyclic) bond motifs is 1. The molecule has 1 atom stereocenters. The second kappa shape index (κ2) is 10.1. The first-order valence-corrected chi connectivity index (χ1v) is 12.8. The van der Waals surface area contributed by atoms with Gasteiger partial charge in [0, 0.05) is 37.0 Å². The number of halogens is 3. The molecule has 0 fully saturated rings. The Morgan fingerprint density at radius 1 is 1.14 bits per heavy atom. The fraction of sp³-hybridized carbons (Fsp3) is 0.360. The molecule has 0 saturated carbocycles. The molecule has 0 saturated heterocycles. The number of alkyl halides is 3. The number of rotatable bonds is 8. The number of nitrogens with zero attached hydrogens (tertiary/aromatic N) is 2. The summed E-state index contributed by atoms with van der Waals surface area (Å²) in [6, 6.07) is 9.82. The molecule has 0 radical (unpaired) electrons. The fourth-order valence-corrected chi connectivity index (χ4v) is 5.52. The normalized spacial score (nSPS) is 17.8. The third kappa shape index (κ3) is 5.31. The zero-order valence-corrected chi connectivity index (χ0v) is 20.6. The van der Waals surface area contributed by atoms with E-state index in [2.05, 4.69) is 14.7 Å². The minimum atomic E-state index is -4.46. The Hall–Kier alpha value is -3.18. The van der Waals surface area contributed by atoms with Gasteiger partial charge in [0.25, 0.3) is 10.0 Å². The number of ether oxygens (including phenoxy) is 2. The summed E-state index contributed by atoms with van der Waals surface area (Å²) in [6.45, 7) is 2.65. The van der Waals surface area contributed by atoms with Crippen LogP contribution in [0.3, 0.4) is 0 Å². The predicted molar refractivity (Wildman–Crippen MR) is 127 cm³/mol. The molecular formula is C25H26F3N3O4S. The van der Waals surface area contributed by atoms with E-state index in [1.807, 2.05) is 6.92 Å². The first-order chi connectivity index (χ1) is 17.0. The highest BCUT2D eigenvalue weighted by molar-refractivity contribution is 7.92. The topological polar surface area (TPSA) is 90.4 Å². The van der Waals surface area contributed by atoms with Crippen LogP contribution in [0.15, 0.2) is 59.9 Å². The minimum Gasteiger partial charge on any atom is -0.493 e. The number of aryl methyl sites for hydroxylation is 1. The number of anilines is 1. The average Bonchev–Trinajstić information content (AvgIpc) is 2.84. The number of methoxy groups -OCH3 is 1. The van der Waals surface area contributed by atoms with Gasteiger partial charge in [-0.15, -0.1) is 0 Å². The number of nitrogens with one attached hydrogen (secondary N) is 1. The molecule has 192 valence electrons. The van der Waals surface area contributed by atoms with Crippen molar-refractivity contribution in [3.8, 4) is 5.75 Å². The van der Waals surface area contributed by atoms with Gasteiger partial charge in [-0.1, -0.05) is 19.1 Å². The van der Waals surface area contributed by atoms with Crippen molar-refractivity contribution < 1.29 is 31.1 Å². The van der Waals surface area contributed by atoms with Crippen LogP contribution in [0.1, 0.15) is 42.0 Å². The van der Waals surface area contributed by atoms with Crippen LogP contribution in [0.2, 0.25) is 0 Å². The highest BCUT2D eigenvalue weighted by atomic mass is 32.2. The van der Waals surface area contributed by atoms with Crippen molar-refractivity contribution >= 4 is 15.8 Å². The highest BCUT2D eigenvalue weighted by Crippen LogP contribution is 2.46. The lowest BCUT2D eigenvalue weighted by molar-refractivity contribution is -0.137. The van der Waals surface area contributed by atoms with Crippen molar-refractivity contribution in [3.05, 3.63) is 77.2 Å². The summed E-state index contributed by atoms with van der Waals surface area (Å²) in [6.07, 6.45) is -0.310. The van der Waals surface area contributed by atoms with E-state index in [1.54, 1.807) is 13.2 Å². The van der Waals surface area contributed by atoms with E-state index in [4.69, 9.17) is 9.47 Å². The second-order valence-electron chi connectivity index (χ2n) is 8.75. The van der Waals surface area contributed by atoms with Crippen LogP contribution in [0, 0.1) is 0 Å². The van der Waals surface area contributed by atoms with Gasteiger partial charge < -0.3 is 9.47 Å². The summed E-state index contributed by atoms with van der Waals surface area (Å²) in [5.41, 5.74) is 0.669. The Bertz CT molecular complexity index is 1330. The molecule has 0 unspecified atom stereocenters. The summed E-state index contributed by atoms with van der Waals surface area (Å²) in [5, 5.41) is 0. The molecule has 0 bridgehead atoms. The van der Waals surface area contributed by atoms with Crippen LogP contribution >= 0.6 is 0 Å². The van der Waals surface area contributed by atoms with Gasteiger partial charge in [-0.2, -0.15) is 13.2 Å². The van der Waals surface area contributed by atoms with E-state index < -0.39 is 27.2 Å². The monoisotopic (exact) mass is 521 g/mol. The maximum atomic E-state index is 13.5. The summed E-state index contributed by atoms with van der Waals surface area (Å²) in [5.74, 6) is 0.496. The molecule has 7 nitrogen and oxygen atoms in total. The van der Waals surface area contributed by atoms with Gasteiger partial charge in [-0.25, -0.2) is 18.4 Å². The first kappa shape index (κ1) is 25.9. The van der Waals surface area contributed by atoms with Crippen LogP contribution in [-0.2, 0) is 32.8 Å². The summed E-state index contributed by atoms with van der Waals surface area (Å²) >= 11 is 0. The van der Waals surface area contributed by atoms with Gasteiger partial charge in [0.1, 0.15) is 17.9 Å². The second-order valence-corrected chi connectivity index (χ2v) is 10.4. The summed E-state index contributed by atoms with van der Waals surface area (Å²) in [7, 11) is -2.40. The lowest BCUT2D eigenvalue weighted by Gasteiger charge is -2.38. The largest absolute Gasteiger partial charge is 0.493 e. The molecule has 0 spiro atoms. The minimum absolute atomic E-state index is 0.0168. The van der Waals surface area contributed by atoms with E-state index in [0.29, 0.717) is 42.7 Å². The Labute approximate surface area is 207 Å². The van der Waals surface area contributed by atoms with Crippen LogP contribution in [0.25, 0.3) is 0 Å². The number of benzene rings is 2. The van der Waals surface area contributed by atoms with Crippen LogP contribution in [0.5, 0.6) is 5.75 Å². The predicted octanol–water partition coefficient (Wildman–Crippen LogP) is 4.96. The molecule has 4 rings (SSSR count). The van der Waals surface area contributed by atoms with Crippen molar-refractivity contribution in [2.45, 2.75) is 42.7 Å². The maximum Gasteiger partial charge on any atom is 0.416 e. The van der Waals surface area contributed by atoms with Crippen LogP contribution in [0.4, 0.5) is 19.0 Å². The SMILES string of the molecule is COCCCc1cc(C(F)(F)F)ccc1[C@]1(C)CCOc2cc(S(=O)(=O)Nc3ccncn3)ccc21. The molecular weight excluding hydrogens is 495 g/mol. The molecule has 2 aromatic carbocycles. The van der Waals surface area contributed by atoms with Crippen molar-refractivity contribution in [1.29, 1.82) is 0 Å². The average molecular weight is 522 g/mol. The van der Waals surface area contributed by atoms with Gasteiger partial charge in [0.05, 0.1) is 17.1 Å². The number of hydrogen-bond acceptors (Lipinski definition) is 6. The molecule has 0 amide bonds. The van der Waals surface area contributed by atoms with Crippen molar-refractivity contribution in [2.75, 3.05) is 25.0 Å². The molecule has 2 heterocycles. The molecule has 1 N–H and O–H groups in total. The lowest BCUT2D eigenvalue weighted by Crippen LogP contribution is -2.32. The standard InChI is InChI=1S/C25H26F3N3O4S/c1-24(20-7-5-18(25(26,27)28)14-17(20)4-3-12-34-2)10-13-35-22-15-19(6-8-21(22)24)36(32,33)31-23-9-11-29-16-30-23/h5-9,11,14-16H,3-4,10,12-13H2,1-2H3,(H,29,30,31)/t24-/m0/s1. The van der Waals surface area contributed by atoms with Gasteiger partial charge in [0.15, 0.2) is 0 Å². The number of aromatic nitrogens is 2. The Balaban J connectivity index is 1.74. The third-order valence-corrected chi connectivity index (χ3v) is 7.71. The van der Waals surface area contributed by atoms with E-state index in [0.717, 1.165) is 11.6 Å². The van der Waals surface area contributed by atoms with E-state index in [1.165, 1.54) is 42.9 Å². The van der Waals surface area contributed by atoms with Gasteiger partial charge in [0.2, 0.25) is 0 Å². The van der Waals surface area contributed by atoms with E-state index >= 15 is 0 Å². The van der Waals surface area contributed by atoms with Gasteiger partial charge >= 0.3 is 6.18 Å². The number of hydrogen-bond donors (Lipinski definition) is 1. The van der Waals surface area contributed by atoms with Crippen molar-refractivity contribution in [1.82, 2.24) is 9.97 Å². The van der Waals surface area contributed by atoms with Crippen LogP contribution < -0.4 is 9.46 Å². The molecule has 1 aromatic heterocycles. The molecule has 3 aromatic rings. The van der Waals surface area contributed by atoms with E-state index in [-0.39, 0.29) is 17.3 Å². The van der Waals surface area contributed by atoms with Crippen molar-refractivity contribution in [3.63, 3.8) is 0 Å². The quantitative estimate of drug-likeness (QED) is 0.422. The highest BCUT2D eigenvalue weighted by Gasteiger charge is 2.39. The smallest absolute Gasteiger partial charge is 0.416 e. The zero-order valence-electron chi connectivity index (χ0n) is 19.8. The molecule has 0 aliphatic carbocycles. The van der Waals surface area contributed by atoms with Crippen LogP contribution in [-0.4, -0.2) is 38.7 Å². The molecule has 11 heteroatoms.